The summed E-state index contributed by atoms with van der Waals surface area (Å²) in [5.41, 5.74) is 1.29. The van der Waals surface area contributed by atoms with E-state index in [1.807, 2.05) is 19.1 Å². The molecule has 0 amide bonds. The normalized spacial score (nSPS) is 11.5. The van der Waals surface area contributed by atoms with Crippen molar-refractivity contribution in [2.75, 3.05) is 26.9 Å². The van der Waals surface area contributed by atoms with E-state index < -0.39 is 0 Å². The summed E-state index contributed by atoms with van der Waals surface area (Å²) in [6, 6.07) is 6.11. The molecule has 0 aliphatic heterocycles. The van der Waals surface area contributed by atoms with Crippen LogP contribution < -0.4 is 14.8 Å². The Kier molecular flexibility index (Phi) is 7.54. The molecule has 0 spiro atoms. The van der Waals surface area contributed by atoms with E-state index in [0.29, 0.717) is 19.8 Å². The van der Waals surface area contributed by atoms with Crippen molar-refractivity contribution in [3.63, 3.8) is 0 Å². The molecule has 1 aromatic rings. The van der Waals surface area contributed by atoms with Crippen molar-refractivity contribution in [2.24, 2.45) is 0 Å². The largest absolute Gasteiger partial charge is 0.490 e. The topological polar surface area (TPSA) is 39.7 Å². The Morgan fingerprint density at radius 1 is 1.05 bits per heavy atom. The lowest BCUT2D eigenvalue weighted by Crippen LogP contribution is -2.35. The molecule has 4 heteroatoms. The molecule has 4 nitrogen and oxygen atoms in total. The van der Waals surface area contributed by atoms with Gasteiger partial charge >= 0.3 is 0 Å². The molecule has 0 radical (unpaired) electrons. The highest BCUT2D eigenvalue weighted by molar-refractivity contribution is 5.43. The maximum absolute atomic E-state index is 5.77. The molecule has 0 heterocycles. The van der Waals surface area contributed by atoms with Gasteiger partial charge in [0.25, 0.3) is 0 Å². The molecule has 120 valence electrons. The zero-order valence-electron chi connectivity index (χ0n) is 14.0. The fourth-order valence-corrected chi connectivity index (χ4v) is 1.80. The second-order valence-corrected chi connectivity index (χ2v) is 6.01. The van der Waals surface area contributed by atoms with Gasteiger partial charge in [-0.25, -0.2) is 0 Å². The number of methoxy groups -OCH3 is 1. The van der Waals surface area contributed by atoms with Crippen LogP contribution in [-0.4, -0.2) is 32.5 Å². The first-order chi connectivity index (χ1) is 9.96. The average Bonchev–Trinajstić information content (AvgIpc) is 2.42. The van der Waals surface area contributed by atoms with E-state index in [9.17, 15) is 0 Å². The highest BCUT2D eigenvalue weighted by Crippen LogP contribution is 2.28. The molecule has 1 N–H and O–H groups in total. The van der Waals surface area contributed by atoms with Gasteiger partial charge in [-0.15, -0.1) is 0 Å². The van der Waals surface area contributed by atoms with Crippen molar-refractivity contribution >= 4 is 0 Å². The van der Waals surface area contributed by atoms with Crippen LogP contribution in [0.2, 0.25) is 0 Å². The fraction of sp³-hybridized carbons (Fsp3) is 0.647. The average molecular weight is 295 g/mol. The quantitative estimate of drug-likeness (QED) is 0.709. The van der Waals surface area contributed by atoms with E-state index in [1.54, 1.807) is 7.11 Å². The second-order valence-electron chi connectivity index (χ2n) is 6.01. The lowest BCUT2D eigenvalue weighted by atomic mass is 10.1. The van der Waals surface area contributed by atoms with Crippen molar-refractivity contribution in [1.29, 1.82) is 0 Å². The predicted octanol–water partition coefficient (Wildman–Crippen LogP) is 3.39. The van der Waals surface area contributed by atoms with Crippen LogP contribution >= 0.6 is 0 Å². The molecule has 0 unspecified atom stereocenters. The monoisotopic (exact) mass is 295 g/mol. The predicted molar refractivity (Wildman–Crippen MR) is 86.2 cm³/mol. The van der Waals surface area contributed by atoms with Gasteiger partial charge in [0.1, 0.15) is 0 Å². The van der Waals surface area contributed by atoms with Crippen molar-refractivity contribution in [3.05, 3.63) is 23.8 Å². The molecule has 1 aromatic carbocycles. The van der Waals surface area contributed by atoms with Gasteiger partial charge in [-0.1, -0.05) is 6.07 Å². The Bertz CT molecular complexity index is 413. The minimum absolute atomic E-state index is 0.0983. The lowest BCUT2D eigenvalue weighted by molar-refractivity contribution is 0.170. The Labute approximate surface area is 128 Å². The van der Waals surface area contributed by atoms with Crippen molar-refractivity contribution < 1.29 is 14.2 Å². The summed E-state index contributed by atoms with van der Waals surface area (Å²) in [6.45, 7) is 11.2. The molecule has 0 bridgehead atoms. The number of hydrogen-bond acceptors (Lipinski definition) is 4. The van der Waals surface area contributed by atoms with Gasteiger partial charge in [0.2, 0.25) is 0 Å². The maximum Gasteiger partial charge on any atom is 0.161 e. The first-order valence-corrected chi connectivity index (χ1v) is 7.58. The number of ether oxygens (including phenoxy) is 3. The Hall–Kier alpha value is -1.26. The smallest absolute Gasteiger partial charge is 0.161 e. The van der Waals surface area contributed by atoms with Crippen LogP contribution in [0.5, 0.6) is 11.5 Å². The number of nitrogens with one attached hydrogen (secondary N) is 1. The van der Waals surface area contributed by atoms with Crippen LogP contribution in [0.4, 0.5) is 0 Å². The summed E-state index contributed by atoms with van der Waals surface area (Å²) < 4.78 is 16.5. The number of hydrogen-bond donors (Lipinski definition) is 1. The van der Waals surface area contributed by atoms with Crippen molar-refractivity contribution in [2.45, 2.75) is 46.2 Å². The summed E-state index contributed by atoms with van der Waals surface area (Å²) in [4.78, 5) is 0. The summed E-state index contributed by atoms with van der Waals surface area (Å²) >= 11 is 0. The summed E-state index contributed by atoms with van der Waals surface area (Å²) in [5.74, 6) is 1.61. The minimum Gasteiger partial charge on any atom is -0.490 e. The summed E-state index contributed by atoms with van der Waals surface area (Å²) in [7, 11) is 1.70. The molecule has 0 aromatic heterocycles. The standard InChI is InChI=1S/C17H29NO3/c1-6-20-16-12-14(13-18-17(2,3)4)8-9-15(16)21-11-7-10-19-5/h8-9,12,18H,6-7,10-11,13H2,1-5H3. The number of benzene rings is 1. The van der Waals surface area contributed by atoms with Crippen LogP contribution in [0.1, 0.15) is 39.7 Å². The van der Waals surface area contributed by atoms with E-state index >= 15 is 0 Å². The van der Waals surface area contributed by atoms with E-state index in [2.05, 4.69) is 32.2 Å². The van der Waals surface area contributed by atoms with E-state index in [4.69, 9.17) is 14.2 Å². The molecule has 0 atom stereocenters. The third-order valence-corrected chi connectivity index (χ3v) is 2.88. The van der Waals surface area contributed by atoms with Crippen LogP contribution in [0, 0.1) is 0 Å². The van der Waals surface area contributed by atoms with Gasteiger partial charge in [0, 0.05) is 32.2 Å². The molecule has 0 aliphatic carbocycles. The molecule has 0 saturated carbocycles. The highest BCUT2D eigenvalue weighted by Gasteiger charge is 2.11. The highest BCUT2D eigenvalue weighted by atomic mass is 16.5. The molecule has 0 saturated heterocycles. The van der Waals surface area contributed by atoms with Gasteiger partial charge < -0.3 is 19.5 Å². The van der Waals surface area contributed by atoms with E-state index in [-0.39, 0.29) is 5.54 Å². The van der Waals surface area contributed by atoms with Crippen molar-refractivity contribution in [3.8, 4) is 11.5 Å². The molecule has 0 fully saturated rings. The molecule has 21 heavy (non-hydrogen) atoms. The fourth-order valence-electron chi connectivity index (χ4n) is 1.80. The second kappa shape index (κ2) is 8.90. The Morgan fingerprint density at radius 3 is 2.43 bits per heavy atom. The molecule has 1 rings (SSSR count). The van der Waals surface area contributed by atoms with Crippen LogP contribution in [0.15, 0.2) is 18.2 Å². The van der Waals surface area contributed by atoms with Crippen molar-refractivity contribution in [1.82, 2.24) is 5.32 Å². The molecular formula is C17H29NO3. The SMILES string of the molecule is CCOc1cc(CNC(C)(C)C)ccc1OCCCOC. The lowest BCUT2D eigenvalue weighted by Gasteiger charge is -2.21. The first-order valence-electron chi connectivity index (χ1n) is 7.58. The molecular weight excluding hydrogens is 266 g/mol. The zero-order valence-corrected chi connectivity index (χ0v) is 14.0. The third kappa shape index (κ3) is 7.34. The van der Waals surface area contributed by atoms with Gasteiger partial charge in [-0.2, -0.15) is 0 Å². The summed E-state index contributed by atoms with van der Waals surface area (Å²) in [6.07, 6.45) is 0.870. The number of rotatable bonds is 9. The van der Waals surface area contributed by atoms with Crippen LogP contribution in [0.25, 0.3) is 0 Å². The van der Waals surface area contributed by atoms with Gasteiger partial charge in [0.05, 0.1) is 13.2 Å². The van der Waals surface area contributed by atoms with Gasteiger partial charge in [-0.05, 0) is 45.4 Å². The zero-order chi connectivity index (χ0) is 15.7. The van der Waals surface area contributed by atoms with E-state index in [0.717, 1.165) is 24.5 Å². The van der Waals surface area contributed by atoms with Crippen LogP contribution in [-0.2, 0) is 11.3 Å². The van der Waals surface area contributed by atoms with E-state index in [1.165, 1.54) is 5.56 Å². The molecule has 0 aliphatic rings. The Morgan fingerprint density at radius 2 is 1.81 bits per heavy atom. The Balaban J connectivity index is 2.67. The summed E-state index contributed by atoms with van der Waals surface area (Å²) in [5, 5.41) is 3.47. The maximum atomic E-state index is 5.77. The van der Waals surface area contributed by atoms with Crippen LogP contribution in [0.3, 0.4) is 0 Å². The van der Waals surface area contributed by atoms with Gasteiger partial charge in [0.15, 0.2) is 11.5 Å². The third-order valence-electron chi connectivity index (χ3n) is 2.88. The van der Waals surface area contributed by atoms with Gasteiger partial charge in [-0.3, -0.25) is 0 Å². The first kappa shape index (κ1) is 17.8. The minimum atomic E-state index is 0.0983.